The van der Waals surface area contributed by atoms with E-state index in [4.69, 9.17) is 9.84 Å². The van der Waals surface area contributed by atoms with Gasteiger partial charge in [-0.05, 0) is 24.3 Å². The van der Waals surface area contributed by atoms with E-state index in [0.717, 1.165) is 31.0 Å². The van der Waals surface area contributed by atoms with E-state index in [-0.39, 0.29) is 49.7 Å². The molecular formula is C25H22F4N6O7. The van der Waals surface area contributed by atoms with E-state index in [9.17, 15) is 32.8 Å². The van der Waals surface area contributed by atoms with Gasteiger partial charge in [-0.2, -0.15) is 8.78 Å². The lowest BCUT2D eigenvalue weighted by Gasteiger charge is -2.24. The zero-order chi connectivity index (χ0) is 30.3. The van der Waals surface area contributed by atoms with E-state index in [2.05, 4.69) is 0 Å². The Kier molecular flexibility index (Phi) is 7.49. The van der Waals surface area contributed by atoms with Crippen LogP contribution in [0, 0.1) is 11.6 Å². The number of carbonyl (C=O) groups excluding carboxylic acids is 2. The van der Waals surface area contributed by atoms with Gasteiger partial charge in [-0.25, -0.2) is 41.9 Å². The topological polar surface area (TPSA) is 148 Å². The van der Waals surface area contributed by atoms with Gasteiger partial charge in [-0.1, -0.05) is 0 Å². The number of carboxylic acid groups (broad SMARTS) is 1. The van der Waals surface area contributed by atoms with Crippen LogP contribution in [-0.2, 0) is 22.6 Å². The third kappa shape index (κ3) is 5.19. The molecule has 17 heteroatoms. The van der Waals surface area contributed by atoms with Crippen molar-refractivity contribution >= 4 is 29.3 Å². The fourth-order valence-corrected chi connectivity index (χ4v) is 4.83. The number of carboxylic acids is 1. The Bertz CT molecular complexity index is 1620. The predicted molar refractivity (Wildman–Crippen MR) is 136 cm³/mol. The molecule has 0 aliphatic carbocycles. The molecule has 1 unspecified atom stereocenters. The molecule has 222 valence electrons. The molecule has 2 aliphatic heterocycles. The van der Waals surface area contributed by atoms with E-state index in [1.165, 1.54) is 29.2 Å². The molecule has 13 nitrogen and oxygen atoms in total. The number of amides is 2. The van der Waals surface area contributed by atoms with E-state index in [1.807, 2.05) is 5.32 Å². The first-order chi connectivity index (χ1) is 20.0. The fourth-order valence-electron chi connectivity index (χ4n) is 4.83. The van der Waals surface area contributed by atoms with Crippen molar-refractivity contribution in [1.82, 2.24) is 19.2 Å². The number of carbonyl (C=O) groups is 3. The quantitative estimate of drug-likeness (QED) is 0.385. The number of alkyl halides is 2. The number of anilines is 2. The normalized spacial score (nSPS) is 16.8. The maximum absolute atomic E-state index is 15.3. The summed E-state index contributed by atoms with van der Waals surface area (Å²) in [5.41, 5.74) is -1.95. The standard InChI is InChI=1S/C25H22F4N6O7/c26-17-9-15(32-12-16(42-25(32)41)11-30-21(36)20(28)29)10-18(27)19(17)31-5-7-33-23(39)35(24(40)34(33)8-6-31)14-3-1-13(2-4-14)22(37)38/h1-4,9-10,16,20H,5-8,11-12H2,(H,30,36)(H,37,38). The van der Waals surface area contributed by atoms with Gasteiger partial charge in [-0.3, -0.25) is 9.69 Å². The summed E-state index contributed by atoms with van der Waals surface area (Å²) < 4.78 is 63.4. The Labute approximate surface area is 232 Å². The van der Waals surface area contributed by atoms with E-state index < -0.39 is 65.7 Å². The summed E-state index contributed by atoms with van der Waals surface area (Å²) in [6.07, 6.45) is -5.27. The van der Waals surface area contributed by atoms with Gasteiger partial charge >= 0.3 is 29.9 Å². The second-order valence-corrected chi connectivity index (χ2v) is 9.41. The van der Waals surface area contributed by atoms with Crippen molar-refractivity contribution in [3.63, 3.8) is 0 Å². The van der Waals surface area contributed by atoms with Crippen molar-refractivity contribution in [1.29, 1.82) is 0 Å². The highest BCUT2D eigenvalue weighted by molar-refractivity contribution is 5.90. The molecule has 1 fully saturated rings. The number of rotatable bonds is 7. The van der Waals surface area contributed by atoms with Crippen LogP contribution in [0.1, 0.15) is 10.4 Å². The third-order valence-corrected chi connectivity index (χ3v) is 6.86. The number of cyclic esters (lactones) is 1. The molecule has 5 rings (SSSR count). The lowest BCUT2D eigenvalue weighted by Crippen LogP contribution is -2.37. The molecule has 3 aromatic rings. The number of nitrogens with zero attached hydrogens (tertiary/aromatic N) is 5. The van der Waals surface area contributed by atoms with Crippen LogP contribution in [0.15, 0.2) is 46.0 Å². The monoisotopic (exact) mass is 594 g/mol. The van der Waals surface area contributed by atoms with Gasteiger partial charge in [0.2, 0.25) is 0 Å². The Morgan fingerprint density at radius 2 is 1.50 bits per heavy atom. The molecule has 1 aromatic heterocycles. The van der Waals surface area contributed by atoms with Crippen molar-refractivity contribution in [2.45, 2.75) is 25.6 Å². The zero-order valence-corrected chi connectivity index (χ0v) is 21.5. The highest BCUT2D eigenvalue weighted by atomic mass is 19.3. The molecule has 0 radical (unpaired) electrons. The summed E-state index contributed by atoms with van der Waals surface area (Å²) in [7, 11) is 0. The lowest BCUT2D eigenvalue weighted by atomic mass is 10.2. The van der Waals surface area contributed by atoms with Gasteiger partial charge in [0.15, 0.2) is 11.6 Å². The smallest absolute Gasteiger partial charge is 0.414 e. The predicted octanol–water partition coefficient (Wildman–Crippen LogP) is 1.00. The van der Waals surface area contributed by atoms with Crippen LogP contribution in [0.3, 0.4) is 0 Å². The highest BCUT2D eigenvalue weighted by Gasteiger charge is 2.34. The van der Waals surface area contributed by atoms with Crippen LogP contribution in [0.25, 0.3) is 5.69 Å². The van der Waals surface area contributed by atoms with Crippen molar-refractivity contribution in [3.8, 4) is 5.69 Å². The average Bonchev–Trinajstić information content (AvgIpc) is 3.32. The second kappa shape index (κ2) is 11.1. The molecule has 42 heavy (non-hydrogen) atoms. The number of nitrogens with one attached hydrogen (secondary N) is 1. The summed E-state index contributed by atoms with van der Waals surface area (Å²) in [4.78, 5) is 62.7. The molecular weight excluding hydrogens is 572 g/mol. The minimum atomic E-state index is -3.26. The summed E-state index contributed by atoms with van der Waals surface area (Å²) in [5, 5.41) is 11.0. The number of aromatic carboxylic acids is 1. The number of fused-ring (bicyclic) bond motifs is 1. The lowest BCUT2D eigenvalue weighted by molar-refractivity contribution is -0.132. The summed E-state index contributed by atoms with van der Waals surface area (Å²) >= 11 is 0. The van der Waals surface area contributed by atoms with Crippen molar-refractivity contribution < 1.29 is 41.8 Å². The van der Waals surface area contributed by atoms with Gasteiger partial charge < -0.3 is 20.1 Å². The molecule has 2 aliphatic rings. The van der Waals surface area contributed by atoms with Crippen molar-refractivity contribution in [3.05, 3.63) is 74.6 Å². The van der Waals surface area contributed by atoms with E-state index in [0.29, 0.717) is 0 Å². The average molecular weight is 594 g/mol. The molecule has 2 N–H and O–H groups in total. The number of hydrogen-bond acceptors (Lipinski definition) is 7. The molecule has 2 amide bonds. The van der Waals surface area contributed by atoms with Gasteiger partial charge in [0, 0.05) is 25.2 Å². The van der Waals surface area contributed by atoms with Crippen LogP contribution in [-0.4, -0.2) is 75.7 Å². The number of ether oxygens (including phenoxy) is 1. The van der Waals surface area contributed by atoms with Crippen LogP contribution in [0.4, 0.5) is 33.7 Å². The first-order valence-corrected chi connectivity index (χ1v) is 12.5. The molecule has 1 atom stereocenters. The van der Waals surface area contributed by atoms with Crippen LogP contribution in [0.2, 0.25) is 0 Å². The third-order valence-electron chi connectivity index (χ3n) is 6.86. The SMILES string of the molecule is O=C(O)c1ccc(-n2c(=O)n3n(c2=O)CCN(c2c(F)cc(N4CC(CNC(=O)C(F)F)OC4=O)cc2F)CC3)cc1. The molecule has 0 spiro atoms. The summed E-state index contributed by atoms with van der Waals surface area (Å²) in [5.74, 6) is -4.80. The number of aromatic nitrogens is 3. The Hall–Kier alpha value is -5.09. The maximum atomic E-state index is 15.3. The molecule has 0 bridgehead atoms. The van der Waals surface area contributed by atoms with Gasteiger partial charge in [-0.15, -0.1) is 0 Å². The van der Waals surface area contributed by atoms with Crippen molar-refractivity contribution in [2.24, 2.45) is 0 Å². The van der Waals surface area contributed by atoms with Gasteiger partial charge in [0.1, 0.15) is 11.8 Å². The zero-order valence-electron chi connectivity index (χ0n) is 21.5. The Morgan fingerprint density at radius 3 is 2.02 bits per heavy atom. The minimum Gasteiger partial charge on any atom is -0.478 e. The maximum Gasteiger partial charge on any atom is 0.414 e. The first kappa shape index (κ1) is 28.4. The largest absolute Gasteiger partial charge is 0.478 e. The van der Waals surface area contributed by atoms with Gasteiger partial charge in [0.25, 0.3) is 5.91 Å². The van der Waals surface area contributed by atoms with E-state index >= 15 is 8.78 Å². The fraction of sp³-hybridized carbons (Fsp3) is 0.320. The minimum absolute atomic E-state index is 0.0295. The number of halogens is 4. The van der Waals surface area contributed by atoms with E-state index in [1.54, 1.807) is 0 Å². The van der Waals surface area contributed by atoms with Crippen LogP contribution < -0.4 is 26.5 Å². The summed E-state index contributed by atoms with van der Waals surface area (Å²) in [6, 6.07) is 6.94. The molecule has 0 saturated carbocycles. The van der Waals surface area contributed by atoms with Crippen molar-refractivity contribution in [2.75, 3.05) is 36.0 Å². The summed E-state index contributed by atoms with van der Waals surface area (Å²) in [6.45, 7) is -1.02. The Balaban J connectivity index is 1.32. The number of benzene rings is 2. The van der Waals surface area contributed by atoms with Crippen LogP contribution >= 0.6 is 0 Å². The first-order valence-electron chi connectivity index (χ1n) is 12.5. The molecule has 3 heterocycles. The van der Waals surface area contributed by atoms with Crippen LogP contribution in [0.5, 0.6) is 0 Å². The molecule has 2 aromatic carbocycles. The molecule has 1 saturated heterocycles. The van der Waals surface area contributed by atoms with Gasteiger partial charge in [0.05, 0.1) is 43.1 Å². The second-order valence-electron chi connectivity index (χ2n) is 9.41. The Morgan fingerprint density at radius 1 is 0.929 bits per heavy atom. The highest BCUT2D eigenvalue weighted by Crippen LogP contribution is 2.31. The number of hydrogen-bond donors (Lipinski definition) is 2.